The Labute approximate surface area is 163 Å². The molecule has 0 aliphatic carbocycles. The van der Waals surface area contributed by atoms with Crippen molar-refractivity contribution in [1.82, 2.24) is 19.5 Å². The summed E-state index contributed by atoms with van der Waals surface area (Å²) in [5.41, 5.74) is 7.96. The van der Waals surface area contributed by atoms with Crippen LogP contribution in [0.25, 0.3) is 16.9 Å². The van der Waals surface area contributed by atoms with Gasteiger partial charge in [-0.1, -0.05) is 12.1 Å². The highest BCUT2D eigenvalue weighted by Crippen LogP contribution is 2.30. The molecule has 6 nitrogen and oxygen atoms in total. The van der Waals surface area contributed by atoms with Crippen LogP contribution in [0.1, 0.15) is 22.5 Å². The van der Waals surface area contributed by atoms with Gasteiger partial charge in [0.25, 0.3) is 0 Å². The summed E-state index contributed by atoms with van der Waals surface area (Å²) >= 11 is 0. The number of hydrogen-bond donors (Lipinski definition) is 1. The molecule has 2 heterocycles. The van der Waals surface area contributed by atoms with Crippen LogP contribution >= 0.6 is 0 Å². The number of hydrogen-bond acceptors (Lipinski definition) is 5. The van der Waals surface area contributed by atoms with E-state index in [2.05, 4.69) is 21.0 Å². The summed E-state index contributed by atoms with van der Waals surface area (Å²) in [7, 11) is 0. The summed E-state index contributed by atoms with van der Waals surface area (Å²) in [4.78, 5) is 13.0. The molecule has 0 bridgehead atoms. The van der Waals surface area contributed by atoms with E-state index < -0.39 is 11.7 Å². The molecular weight excluding hydrogens is 381 g/mol. The van der Waals surface area contributed by atoms with Crippen molar-refractivity contribution in [3.63, 3.8) is 0 Å². The molecule has 0 aliphatic rings. The van der Waals surface area contributed by atoms with Crippen LogP contribution in [0.2, 0.25) is 0 Å². The van der Waals surface area contributed by atoms with Crippen LogP contribution in [0.4, 0.5) is 19.0 Å². The molecule has 29 heavy (non-hydrogen) atoms. The highest BCUT2D eigenvalue weighted by Gasteiger charge is 2.30. The van der Waals surface area contributed by atoms with Crippen LogP contribution in [0, 0.1) is 11.3 Å². The van der Waals surface area contributed by atoms with Gasteiger partial charge in [0.05, 0.1) is 17.2 Å². The van der Waals surface area contributed by atoms with Gasteiger partial charge in [-0.3, -0.25) is 4.57 Å². The summed E-state index contributed by atoms with van der Waals surface area (Å²) < 4.78 is 40.0. The van der Waals surface area contributed by atoms with Crippen molar-refractivity contribution in [2.45, 2.75) is 12.6 Å². The standard InChI is InChI=1S/C20H13F3N6/c21-20(22,23)14-5-7-15(8-6-14)29-11-26-17-18(25)27-16(28-19(17)29)9-12-1-3-13(10-24)4-2-12/h1-8,11H,9H2,(H2,25,27,28). The van der Waals surface area contributed by atoms with E-state index in [0.717, 1.165) is 17.7 Å². The Hall–Kier alpha value is -3.93. The van der Waals surface area contributed by atoms with E-state index in [1.807, 2.05) is 0 Å². The molecule has 2 aromatic heterocycles. The van der Waals surface area contributed by atoms with Gasteiger partial charge < -0.3 is 5.73 Å². The number of nitrogens with zero attached hydrogens (tertiary/aromatic N) is 5. The van der Waals surface area contributed by atoms with Gasteiger partial charge in [0.15, 0.2) is 17.0 Å². The number of nitrogens with two attached hydrogens (primary N) is 1. The summed E-state index contributed by atoms with van der Waals surface area (Å²) in [5.74, 6) is 0.623. The first kappa shape index (κ1) is 18.4. The highest BCUT2D eigenvalue weighted by atomic mass is 19.4. The van der Waals surface area contributed by atoms with Crippen molar-refractivity contribution in [3.8, 4) is 11.8 Å². The maximum Gasteiger partial charge on any atom is 0.416 e. The topological polar surface area (TPSA) is 93.4 Å². The van der Waals surface area contributed by atoms with Crippen LogP contribution in [-0.2, 0) is 12.6 Å². The van der Waals surface area contributed by atoms with E-state index in [1.165, 1.54) is 18.5 Å². The Morgan fingerprint density at radius 3 is 2.31 bits per heavy atom. The van der Waals surface area contributed by atoms with Crippen LogP contribution < -0.4 is 5.73 Å². The Kier molecular flexibility index (Phi) is 4.39. The number of fused-ring (bicyclic) bond motifs is 1. The van der Waals surface area contributed by atoms with E-state index in [-0.39, 0.29) is 5.82 Å². The molecule has 4 rings (SSSR count). The van der Waals surface area contributed by atoms with Gasteiger partial charge in [-0.05, 0) is 42.0 Å². The lowest BCUT2D eigenvalue weighted by Gasteiger charge is -2.09. The molecule has 4 aromatic rings. The maximum atomic E-state index is 12.8. The first-order chi connectivity index (χ1) is 13.8. The summed E-state index contributed by atoms with van der Waals surface area (Å²) in [5, 5.41) is 8.89. The first-order valence-electron chi connectivity index (χ1n) is 8.51. The molecule has 0 radical (unpaired) electrons. The third kappa shape index (κ3) is 3.60. The van der Waals surface area contributed by atoms with Crippen molar-refractivity contribution >= 4 is 17.0 Å². The molecule has 0 amide bonds. The smallest absolute Gasteiger partial charge is 0.382 e. The third-order valence-corrected chi connectivity index (χ3v) is 4.39. The van der Waals surface area contributed by atoms with Gasteiger partial charge in [0.2, 0.25) is 0 Å². The third-order valence-electron chi connectivity index (χ3n) is 4.39. The van der Waals surface area contributed by atoms with Gasteiger partial charge in [-0.2, -0.15) is 18.4 Å². The number of aromatic nitrogens is 4. The number of imidazole rings is 1. The Balaban J connectivity index is 1.72. The van der Waals surface area contributed by atoms with Crippen LogP contribution in [-0.4, -0.2) is 19.5 Å². The van der Waals surface area contributed by atoms with Crippen molar-refractivity contribution in [2.75, 3.05) is 5.73 Å². The van der Waals surface area contributed by atoms with Crippen LogP contribution in [0.3, 0.4) is 0 Å². The zero-order valence-electron chi connectivity index (χ0n) is 14.9. The fraction of sp³-hybridized carbons (Fsp3) is 0.100. The zero-order chi connectivity index (χ0) is 20.6. The summed E-state index contributed by atoms with van der Waals surface area (Å²) in [6.45, 7) is 0. The number of nitriles is 1. The number of benzene rings is 2. The lowest BCUT2D eigenvalue weighted by Crippen LogP contribution is -2.06. The fourth-order valence-electron chi connectivity index (χ4n) is 2.93. The molecule has 2 aromatic carbocycles. The SMILES string of the molecule is N#Cc1ccc(Cc2nc(N)c3ncn(-c4ccc(C(F)(F)F)cc4)c3n2)cc1. The number of rotatable bonds is 3. The van der Waals surface area contributed by atoms with E-state index in [1.54, 1.807) is 28.8 Å². The molecule has 144 valence electrons. The normalized spacial score (nSPS) is 11.5. The first-order valence-corrected chi connectivity index (χ1v) is 8.51. The second kappa shape index (κ2) is 6.91. The minimum atomic E-state index is -4.41. The van der Waals surface area contributed by atoms with E-state index in [4.69, 9.17) is 11.0 Å². The van der Waals surface area contributed by atoms with Crippen LogP contribution in [0.15, 0.2) is 54.9 Å². The average Bonchev–Trinajstić information content (AvgIpc) is 3.12. The molecule has 0 atom stereocenters. The summed E-state index contributed by atoms with van der Waals surface area (Å²) in [6.07, 6.45) is -2.58. The monoisotopic (exact) mass is 394 g/mol. The van der Waals surface area contributed by atoms with Crippen molar-refractivity contribution in [1.29, 1.82) is 5.26 Å². The Morgan fingerprint density at radius 2 is 1.69 bits per heavy atom. The van der Waals surface area contributed by atoms with Gasteiger partial charge in [-0.25, -0.2) is 15.0 Å². The maximum absolute atomic E-state index is 12.8. The number of alkyl halides is 3. The lowest BCUT2D eigenvalue weighted by atomic mass is 10.1. The van der Waals surface area contributed by atoms with Crippen molar-refractivity contribution in [2.24, 2.45) is 0 Å². The quantitative estimate of drug-likeness (QED) is 0.569. The molecule has 0 fully saturated rings. The predicted molar refractivity (Wildman–Crippen MR) is 100 cm³/mol. The minimum Gasteiger partial charge on any atom is -0.382 e. The minimum absolute atomic E-state index is 0.185. The number of halogens is 3. The predicted octanol–water partition coefficient (Wildman–Crippen LogP) is 3.88. The number of anilines is 1. The second-order valence-electron chi connectivity index (χ2n) is 6.34. The molecule has 9 heteroatoms. The molecular formula is C20H13F3N6. The van der Waals surface area contributed by atoms with Gasteiger partial charge in [0.1, 0.15) is 12.2 Å². The molecule has 0 saturated carbocycles. The largest absolute Gasteiger partial charge is 0.416 e. The molecule has 0 spiro atoms. The van der Waals surface area contributed by atoms with E-state index in [9.17, 15) is 13.2 Å². The Morgan fingerprint density at radius 1 is 1.00 bits per heavy atom. The highest BCUT2D eigenvalue weighted by molar-refractivity contribution is 5.83. The van der Waals surface area contributed by atoms with Crippen molar-refractivity contribution < 1.29 is 13.2 Å². The van der Waals surface area contributed by atoms with E-state index >= 15 is 0 Å². The lowest BCUT2D eigenvalue weighted by molar-refractivity contribution is -0.137. The van der Waals surface area contributed by atoms with Crippen LogP contribution in [0.5, 0.6) is 0 Å². The molecule has 2 N–H and O–H groups in total. The summed E-state index contributed by atoms with van der Waals surface area (Å²) in [6, 6.07) is 13.8. The van der Waals surface area contributed by atoms with E-state index in [0.29, 0.717) is 34.7 Å². The number of nitrogen functional groups attached to an aromatic ring is 1. The van der Waals surface area contributed by atoms with Crippen molar-refractivity contribution in [3.05, 3.63) is 77.4 Å². The fourth-order valence-corrected chi connectivity index (χ4v) is 2.93. The molecule has 0 saturated heterocycles. The average molecular weight is 394 g/mol. The zero-order valence-corrected chi connectivity index (χ0v) is 14.9. The van der Waals surface area contributed by atoms with Gasteiger partial charge in [-0.15, -0.1) is 0 Å². The second-order valence-corrected chi connectivity index (χ2v) is 6.34. The van der Waals surface area contributed by atoms with Gasteiger partial charge >= 0.3 is 6.18 Å². The molecule has 0 unspecified atom stereocenters. The van der Waals surface area contributed by atoms with Gasteiger partial charge in [0, 0.05) is 12.1 Å². The Bertz CT molecular complexity index is 1220. The molecule has 0 aliphatic heterocycles.